The van der Waals surface area contributed by atoms with Gasteiger partial charge in [0.1, 0.15) is 0 Å². The molecule has 0 saturated carbocycles. The molecule has 1 atom stereocenters. The number of hydrogen-bond donors (Lipinski definition) is 2. The van der Waals surface area contributed by atoms with Crippen LogP contribution in [0.15, 0.2) is 23.1 Å². The Labute approximate surface area is 114 Å². The molecule has 0 saturated heterocycles. The lowest BCUT2D eigenvalue weighted by molar-refractivity contribution is -0.117. The summed E-state index contributed by atoms with van der Waals surface area (Å²) in [6.07, 6.45) is 2.54. The van der Waals surface area contributed by atoms with Crippen LogP contribution in [0, 0.1) is 6.92 Å². The van der Waals surface area contributed by atoms with Crippen LogP contribution in [-0.2, 0) is 14.6 Å². The van der Waals surface area contributed by atoms with E-state index in [2.05, 4.69) is 5.32 Å². The lowest BCUT2D eigenvalue weighted by Crippen LogP contribution is -2.35. The number of nitrogens with one attached hydrogen (secondary N) is 1. The van der Waals surface area contributed by atoms with Crippen LogP contribution in [0.2, 0.25) is 0 Å². The number of carbonyl (C=O) groups excluding carboxylic acids is 1. The molecule has 0 radical (unpaired) electrons. The Morgan fingerprint density at radius 2 is 2.05 bits per heavy atom. The van der Waals surface area contributed by atoms with Gasteiger partial charge in [0, 0.05) is 11.9 Å². The number of carbonyl (C=O) groups is 1. The number of benzene rings is 1. The summed E-state index contributed by atoms with van der Waals surface area (Å²) in [5, 5.41) is 2.68. The predicted molar refractivity (Wildman–Crippen MR) is 75.8 cm³/mol. The molecule has 0 aliphatic carbocycles. The van der Waals surface area contributed by atoms with E-state index in [1.807, 2.05) is 6.92 Å². The van der Waals surface area contributed by atoms with Crippen molar-refractivity contribution in [3.63, 3.8) is 0 Å². The number of amides is 1. The van der Waals surface area contributed by atoms with Crippen LogP contribution in [-0.4, -0.2) is 26.6 Å². The maximum absolute atomic E-state index is 11.8. The first-order chi connectivity index (χ1) is 8.75. The Hall–Kier alpha value is -1.40. The van der Waals surface area contributed by atoms with Gasteiger partial charge in [-0.3, -0.25) is 4.79 Å². The summed E-state index contributed by atoms with van der Waals surface area (Å²) >= 11 is 0. The van der Waals surface area contributed by atoms with E-state index in [0.29, 0.717) is 12.1 Å². The van der Waals surface area contributed by atoms with Gasteiger partial charge < -0.3 is 11.1 Å². The van der Waals surface area contributed by atoms with Crippen molar-refractivity contribution in [2.24, 2.45) is 5.73 Å². The number of nitrogens with two attached hydrogens (primary N) is 1. The molecular formula is C13H20N2O3S. The lowest BCUT2D eigenvalue weighted by atomic mass is 10.1. The van der Waals surface area contributed by atoms with Gasteiger partial charge in [0.15, 0.2) is 9.84 Å². The fourth-order valence-corrected chi connectivity index (χ4v) is 2.28. The van der Waals surface area contributed by atoms with Crippen molar-refractivity contribution in [1.29, 1.82) is 0 Å². The maximum Gasteiger partial charge on any atom is 0.241 e. The Balaban J connectivity index is 2.98. The Morgan fingerprint density at radius 1 is 1.42 bits per heavy atom. The minimum absolute atomic E-state index is 0.178. The molecule has 106 valence electrons. The van der Waals surface area contributed by atoms with Crippen molar-refractivity contribution >= 4 is 21.4 Å². The second-order valence-electron chi connectivity index (χ2n) is 4.63. The number of sulfone groups is 1. The van der Waals surface area contributed by atoms with Crippen molar-refractivity contribution < 1.29 is 13.2 Å². The highest BCUT2D eigenvalue weighted by Gasteiger charge is 2.15. The molecule has 3 N–H and O–H groups in total. The molecule has 0 heterocycles. The van der Waals surface area contributed by atoms with Crippen LogP contribution in [0.3, 0.4) is 0 Å². The summed E-state index contributed by atoms with van der Waals surface area (Å²) in [6.45, 7) is 3.75. The van der Waals surface area contributed by atoms with E-state index < -0.39 is 15.9 Å². The third-order valence-electron chi connectivity index (χ3n) is 2.83. The van der Waals surface area contributed by atoms with Gasteiger partial charge in [0.05, 0.1) is 10.9 Å². The van der Waals surface area contributed by atoms with Gasteiger partial charge in [-0.2, -0.15) is 0 Å². The lowest BCUT2D eigenvalue weighted by Gasteiger charge is -2.13. The van der Waals surface area contributed by atoms with Gasteiger partial charge in [-0.25, -0.2) is 8.42 Å². The zero-order valence-electron chi connectivity index (χ0n) is 11.4. The summed E-state index contributed by atoms with van der Waals surface area (Å²) in [6, 6.07) is 4.07. The third-order valence-corrected chi connectivity index (χ3v) is 3.94. The molecule has 0 aliphatic rings. The van der Waals surface area contributed by atoms with E-state index in [9.17, 15) is 13.2 Å². The summed E-state index contributed by atoms with van der Waals surface area (Å²) in [5.74, 6) is -0.296. The van der Waals surface area contributed by atoms with Crippen LogP contribution in [0.1, 0.15) is 25.3 Å². The minimum atomic E-state index is -3.29. The van der Waals surface area contributed by atoms with E-state index in [4.69, 9.17) is 5.73 Å². The molecule has 19 heavy (non-hydrogen) atoms. The van der Waals surface area contributed by atoms with Crippen molar-refractivity contribution in [1.82, 2.24) is 0 Å². The molecule has 1 aromatic carbocycles. The monoisotopic (exact) mass is 284 g/mol. The molecule has 5 nitrogen and oxygen atoms in total. The minimum Gasteiger partial charge on any atom is -0.324 e. The van der Waals surface area contributed by atoms with Crippen molar-refractivity contribution in [2.45, 2.75) is 37.6 Å². The van der Waals surface area contributed by atoms with Crippen molar-refractivity contribution in [2.75, 3.05) is 11.6 Å². The largest absolute Gasteiger partial charge is 0.324 e. The van der Waals surface area contributed by atoms with E-state index in [1.165, 1.54) is 12.1 Å². The second-order valence-corrected chi connectivity index (χ2v) is 6.65. The Morgan fingerprint density at radius 3 is 2.58 bits per heavy atom. The Kier molecular flexibility index (Phi) is 5.08. The molecular weight excluding hydrogens is 264 g/mol. The summed E-state index contributed by atoms with van der Waals surface area (Å²) in [7, 11) is -3.29. The van der Waals surface area contributed by atoms with Gasteiger partial charge >= 0.3 is 0 Å². The highest BCUT2D eigenvalue weighted by molar-refractivity contribution is 7.90. The van der Waals surface area contributed by atoms with Crippen molar-refractivity contribution in [3.05, 3.63) is 23.8 Å². The van der Waals surface area contributed by atoms with E-state index >= 15 is 0 Å². The highest BCUT2D eigenvalue weighted by Crippen LogP contribution is 2.20. The van der Waals surface area contributed by atoms with Crippen LogP contribution in [0.4, 0.5) is 5.69 Å². The first-order valence-corrected chi connectivity index (χ1v) is 8.02. The number of anilines is 1. The van der Waals surface area contributed by atoms with Crippen LogP contribution in [0.25, 0.3) is 0 Å². The van der Waals surface area contributed by atoms with Gasteiger partial charge in [-0.1, -0.05) is 19.4 Å². The summed E-state index contributed by atoms with van der Waals surface area (Å²) in [4.78, 5) is 12.0. The third kappa shape index (κ3) is 4.33. The molecule has 0 aliphatic heterocycles. The number of hydrogen-bond acceptors (Lipinski definition) is 4. The van der Waals surface area contributed by atoms with Gasteiger partial charge in [-0.05, 0) is 31.0 Å². The molecule has 0 bridgehead atoms. The number of rotatable bonds is 5. The average Bonchev–Trinajstić information content (AvgIpc) is 2.30. The Bertz CT molecular complexity index is 567. The smallest absolute Gasteiger partial charge is 0.241 e. The quantitative estimate of drug-likeness (QED) is 0.856. The SMILES string of the molecule is CCC[C@H](N)C(=O)Nc1cc(S(C)(=O)=O)ccc1C. The van der Waals surface area contributed by atoms with E-state index in [0.717, 1.165) is 18.2 Å². The fraction of sp³-hybridized carbons (Fsp3) is 0.462. The summed E-state index contributed by atoms with van der Waals surface area (Å²) in [5.41, 5.74) is 7.00. The van der Waals surface area contributed by atoms with Crippen LogP contribution >= 0.6 is 0 Å². The maximum atomic E-state index is 11.8. The zero-order valence-corrected chi connectivity index (χ0v) is 12.3. The first kappa shape index (κ1) is 15.7. The first-order valence-electron chi connectivity index (χ1n) is 6.13. The fourth-order valence-electron chi connectivity index (χ4n) is 1.63. The molecule has 0 spiro atoms. The molecule has 0 aromatic heterocycles. The van der Waals surface area contributed by atoms with Gasteiger partial charge in [0.25, 0.3) is 0 Å². The van der Waals surface area contributed by atoms with Gasteiger partial charge in [0.2, 0.25) is 5.91 Å². The molecule has 6 heteroatoms. The molecule has 0 fully saturated rings. The standard InChI is InChI=1S/C13H20N2O3S/c1-4-5-11(14)13(16)15-12-8-10(19(3,17)18)7-6-9(12)2/h6-8,11H,4-5,14H2,1-3H3,(H,15,16)/t11-/m0/s1. The molecule has 0 unspecified atom stereocenters. The van der Waals surface area contributed by atoms with Crippen molar-refractivity contribution in [3.8, 4) is 0 Å². The topological polar surface area (TPSA) is 89.3 Å². The number of aryl methyl sites for hydroxylation is 1. The normalized spacial score (nSPS) is 13.1. The second kappa shape index (κ2) is 6.16. The molecule has 1 rings (SSSR count). The molecule has 1 aromatic rings. The summed E-state index contributed by atoms with van der Waals surface area (Å²) < 4.78 is 23.0. The van der Waals surface area contributed by atoms with Gasteiger partial charge in [-0.15, -0.1) is 0 Å². The van der Waals surface area contributed by atoms with Crippen LogP contribution in [0.5, 0.6) is 0 Å². The predicted octanol–water partition coefficient (Wildman–Crippen LogP) is 1.46. The van der Waals surface area contributed by atoms with E-state index in [-0.39, 0.29) is 10.8 Å². The zero-order chi connectivity index (χ0) is 14.6. The average molecular weight is 284 g/mol. The van der Waals surface area contributed by atoms with E-state index in [1.54, 1.807) is 13.0 Å². The highest BCUT2D eigenvalue weighted by atomic mass is 32.2. The van der Waals surface area contributed by atoms with Crippen LogP contribution < -0.4 is 11.1 Å². The molecule has 1 amide bonds.